The molecule has 0 fully saturated rings. The number of nitrogens with one attached hydrogen (secondary N) is 1. The van der Waals surface area contributed by atoms with Gasteiger partial charge in [0.05, 0.1) is 42.4 Å². The molecule has 258 valence electrons. The predicted octanol–water partition coefficient (Wildman–Crippen LogP) is 5.49. The van der Waals surface area contributed by atoms with Crippen LogP contribution in [0.15, 0.2) is 72.8 Å². The van der Waals surface area contributed by atoms with Crippen LogP contribution < -0.4 is 10.1 Å². The molecule has 0 saturated heterocycles. The van der Waals surface area contributed by atoms with Crippen molar-refractivity contribution in [2.75, 3.05) is 38.7 Å². The fourth-order valence-corrected chi connectivity index (χ4v) is 5.89. The Morgan fingerprint density at radius 1 is 1.02 bits per heavy atom. The van der Waals surface area contributed by atoms with E-state index in [1.54, 1.807) is 35.2 Å². The summed E-state index contributed by atoms with van der Waals surface area (Å²) in [6.45, 7) is 7.69. The second kappa shape index (κ2) is 17.8. The van der Waals surface area contributed by atoms with Crippen LogP contribution in [-0.2, 0) is 22.5 Å². The summed E-state index contributed by atoms with van der Waals surface area (Å²) in [6, 6.07) is 21.0. The smallest absolute Gasteiger partial charge is 0.335 e. The fourth-order valence-electron chi connectivity index (χ4n) is 5.89. The Hall–Kier alpha value is -4.25. The maximum absolute atomic E-state index is 14.4. The Kier molecular flexibility index (Phi) is 13.5. The lowest BCUT2D eigenvalue weighted by atomic mass is 10.0. The van der Waals surface area contributed by atoms with Crippen molar-refractivity contribution in [3.05, 3.63) is 95.1 Å². The second-order valence-electron chi connectivity index (χ2n) is 12.9. The molecule has 1 heterocycles. The molecule has 0 aliphatic carbocycles. The molecule has 0 saturated carbocycles. The number of ether oxygens (including phenoxy) is 2. The third-order valence-electron chi connectivity index (χ3n) is 8.69. The van der Waals surface area contributed by atoms with E-state index in [-0.39, 0.29) is 48.5 Å². The standard InChI is InChI=1S/C38H49N3O7/c1-26-22-41(27(2)25-42)37(44)33-21-32(39-36(43)20-29-11-6-5-7-12-29)17-18-34(33)48-28(3)10-8-9-19-47-35(26)24-40(4)23-30-13-15-31(16-14-30)38(45)46/h5-7,11-18,21,26-28,35,42H,8-10,19-20,22-25H2,1-4H3,(H,39,43)(H,45,46)/t26-,27+,28-,35+/m0/s1. The first-order chi connectivity index (χ1) is 23.0. The molecule has 0 radical (unpaired) electrons. The normalized spacial score (nSPS) is 19.9. The van der Waals surface area contributed by atoms with Crippen LogP contribution in [0.3, 0.4) is 0 Å². The van der Waals surface area contributed by atoms with Gasteiger partial charge in [-0.05, 0) is 81.6 Å². The number of hydrogen-bond acceptors (Lipinski definition) is 7. The van der Waals surface area contributed by atoms with Gasteiger partial charge in [-0.25, -0.2) is 4.79 Å². The van der Waals surface area contributed by atoms with Crippen molar-refractivity contribution in [3.63, 3.8) is 0 Å². The van der Waals surface area contributed by atoms with E-state index in [1.807, 2.05) is 63.4 Å². The molecule has 3 aromatic carbocycles. The van der Waals surface area contributed by atoms with Crippen LogP contribution in [0.25, 0.3) is 0 Å². The zero-order chi connectivity index (χ0) is 34.6. The van der Waals surface area contributed by atoms with Crippen molar-refractivity contribution in [1.82, 2.24) is 9.80 Å². The number of aromatic carboxylic acids is 1. The maximum Gasteiger partial charge on any atom is 0.335 e. The van der Waals surface area contributed by atoms with Crippen LogP contribution in [0, 0.1) is 5.92 Å². The summed E-state index contributed by atoms with van der Waals surface area (Å²) < 4.78 is 12.8. The maximum atomic E-state index is 14.4. The van der Waals surface area contributed by atoms with Gasteiger partial charge in [0.2, 0.25) is 5.91 Å². The molecule has 1 aliphatic rings. The Morgan fingerprint density at radius 2 is 1.75 bits per heavy atom. The lowest BCUT2D eigenvalue weighted by Gasteiger charge is -2.36. The number of aliphatic hydroxyl groups excluding tert-OH is 1. The lowest BCUT2D eigenvalue weighted by Crippen LogP contribution is -2.47. The predicted molar refractivity (Wildman–Crippen MR) is 185 cm³/mol. The third-order valence-corrected chi connectivity index (χ3v) is 8.69. The summed E-state index contributed by atoms with van der Waals surface area (Å²) in [5.41, 5.74) is 2.93. The van der Waals surface area contributed by atoms with Crippen LogP contribution in [-0.4, -0.2) is 89.4 Å². The number of rotatable bonds is 10. The average Bonchev–Trinajstić information content (AvgIpc) is 3.06. The first-order valence-corrected chi connectivity index (χ1v) is 16.7. The van der Waals surface area contributed by atoms with Crippen molar-refractivity contribution in [3.8, 4) is 5.75 Å². The number of carboxylic acid groups (broad SMARTS) is 1. The Labute approximate surface area is 283 Å². The largest absolute Gasteiger partial charge is 0.490 e. The number of carboxylic acids is 1. The molecule has 10 heteroatoms. The van der Waals surface area contributed by atoms with Gasteiger partial charge in [0.1, 0.15) is 5.75 Å². The molecular weight excluding hydrogens is 610 g/mol. The number of carbonyl (C=O) groups excluding carboxylic acids is 2. The molecule has 48 heavy (non-hydrogen) atoms. The molecule has 3 N–H and O–H groups in total. The molecule has 0 aromatic heterocycles. The summed E-state index contributed by atoms with van der Waals surface area (Å²) >= 11 is 0. The third kappa shape index (κ3) is 10.6. The van der Waals surface area contributed by atoms with E-state index in [9.17, 15) is 24.6 Å². The summed E-state index contributed by atoms with van der Waals surface area (Å²) in [5, 5.41) is 22.4. The molecule has 4 atom stereocenters. The van der Waals surface area contributed by atoms with Gasteiger partial charge in [-0.15, -0.1) is 0 Å². The monoisotopic (exact) mass is 659 g/mol. The highest BCUT2D eigenvalue weighted by Crippen LogP contribution is 2.29. The molecule has 0 unspecified atom stereocenters. The quantitative estimate of drug-likeness (QED) is 0.261. The number of amides is 2. The molecule has 0 bridgehead atoms. The van der Waals surface area contributed by atoms with Gasteiger partial charge < -0.3 is 29.9 Å². The highest BCUT2D eigenvalue weighted by molar-refractivity contribution is 6.00. The molecular formula is C38H49N3O7. The van der Waals surface area contributed by atoms with E-state index in [0.29, 0.717) is 43.2 Å². The number of benzene rings is 3. The molecule has 3 aromatic rings. The SMILES string of the molecule is C[C@H](CO)N1C[C@H](C)[C@@H](CN(C)Cc2ccc(C(=O)O)cc2)OCCCC[C@H](C)Oc2ccc(NC(=O)Cc3ccccc3)cc2C1=O. The number of aliphatic hydroxyl groups is 1. The second-order valence-corrected chi connectivity index (χ2v) is 12.9. The number of likely N-dealkylation sites (N-methyl/N-ethyl adjacent to an activating group) is 1. The van der Waals surface area contributed by atoms with Crippen LogP contribution >= 0.6 is 0 Å². The Morgan fingerprint density at radius 3 is 2.44 bits per heavy atom. The first-order valence-electron chi connectivity index (χ1n) is 16.7. The highest BCUT2D eigenvalue weighted by Gasteiger charge is 2.30. The van der Waals surface area contributed by atoms with Crippen molar-refractivity contribution < 1.29 is 34.1 Å². The summed E-state index contributed by atoms with van der Waals surface area (Å²) in [5.74, 6) is -1.11. The number of fused-ring (bicyclic) bond motifs is 1. The van der Waals surface area contributed by atoms with Crippen LogP contribution in [0.1, 0.15) is 71.9 Å². The summed E-state index contributed by atoms with van der Waals surface area (Å²) in [4.78, 5) is 42.3. The van der Waals surface area contributed by atoms with Crippen molar-refractivity contribution in [1.29, 1.82) is 0 Å². The zero-order valence-electron chi connectivity index (χ0n) is 28.4. The van der Waals surface area contributed by atoms with Crippen LogP contribution in [0.5, 0.6) is 5.75 Å². The first kappa shape index (κ1) is 36.6. The van der Waals surface area contributed by atoms with Gasteiger partial charge in [-0.3, -0.25) is 14.5 Å². The summed E-state index contributed by atoms with van der Waals surface area (Å²) in [6.07, 6.45) is 2.35. The van der Waals surface area contributed by atoms with Crippen LogP contribution in [0.4, 0.5) is 5.69 Å². The molecule has 2 amide bonds. The number of hydrogen-bond donors (Lipinski definition) is 3. The van der Waals surface area contributed by atoms with E-state index in [4.69, 9.17) is 9.47 Å². The van der Waals surface area contributed by atoms with E-state index < -0.39 is 12.0 Å². The van der Waals surface area contributed by atoms with E-state index in [1.165, 1.54) is 0 Å². The Balaban J connectivity index is 1.57. The van der Waals surface area contributed by atoms with Crippen LogP contribution in [0.2, 0.25) is 0 Å². The molecule has 10 nitrogen and oxygen atoms in total. The number of anilines is 1. The van der Waals surface area contributed by atoms with E-state index in [2.05, 4.69) is 17.1 Å². The topological polar surface area (TPSA) is 129 Å². The fraction of sp³-hybridized carbons (Fsp3) is 0.447. The van der Waals surface area contributed by atoms with Gasteiger partial charge in [0.25, 0.3) is 5.91 Å². The van der Waals surface area contributed by atoms with Gasteiger partial charge >= 0.3 is 5.97 Å². The molecule has 4 rings (SSSR count). The molecule has 0 spiro atoms. The van der Waals surface area contributed by atoms with Gasteiger partial charge in [-0.1, -0.05) is 49.4 Å². The van der Waals surface area contributed by atoms with Crippen molar-refractivity contribution in [2.45, 2.75) is 71.2 Å². The van der Waals surface area contributed by atoms with E-state index >= 15 is 0 Å². The van der Waals surface area contributed by atoms with Gasteiger partial charge in [0, 0.05) is 37.8 Å². The summed E-state index contributed by atoms with van der Waals surface area (Å²) in [7, 11) is 1.99. The average molecular weight is 660 g/mol. The lowest BCUT2D eigenvalue weighted by molar-refractivity contribution is -0.115. The zero-order valence-corrected chi connectivity index (χ0v) is 28.4. The van der Waals surface area contributed by atoms with Crippen molar-refractivity contribution in [2.24, 2.45) is 5.92 Å². The van der Waals surface area contributed by atoms with Gasteiger partial charge in [-0.2, -0.15) is 0 Å². The minimum atomic E-state index is -0.958. The molecule has 1 aliphatic heterocycles. The highest BCUT2D eigenvalue weighted by atomic mass is 16.5. The minimum absolute atomic E-state index is 0.0974. The minimum Gasteiger partial charge on any atom is -0.490 e. The Bertz CT molecular complexity index is 1500. The number of carbonyl (C=O) groups is 3. The number of nitrogens with zero attached hydrogens (tertiary/aromatic N) is 2. The van der Waals surface area contributed by atoms with Crippen molar-refractivity contribution >= 4 is 23.5 Å². The van der Waals surface area contributed by atoms with E-state index in [0.717, 1.165) is 30.4 Å². The van der Waals surface area contributed by atoms with Gasteiger partial charge in [0.15, 0.2) is 0 Å².